The number of halogens is 1. The van der Waals surface area contributed by atoms with Gasteiger partial charge >= 0.3 is 0 Å². The summed E-state index contributed by atoms with van der Waals surface area (Å²) in [7, 11) is 0. The van der Waals surface area contributed by atoms with E-state index in [0.29, 0.717) is 27.6 Å². The molecule has 1 amide bonds. The van der Waals surface area contributed by atoms with E-state index >= 15 is 0 Å². The highest BCUT2D eigenvalue weighted by atomic mass is 35.5. The number of hydrogen-bond acceptors (Lipinski definition) is 4. The first-order chi connectivity index (χ1) is 12.8. The fraction of sp³-hybridized carbons (Fsp3) is 0.550. The van der Waals surface area contributed by atoms with Crippen molar-refractivity contribution in [3.63, 3.8) is 0 Å². The molecule has 1 saturated carbocycles. The van der Waals surface area contributed by atoms with Gasteiger partial charge in [0.25, 0.3) is 5.56 Å². The summed E-state index contributed by atoms with van der Waals surface area (Å²) in [6, 6.07) is 5.43. The van der Waals surface area contributed by atoms with Gasteiger partial charge in [0.1, 0.15) is 0 Å². The zero-order chi connectivity index (χ0) is 19.6. The maximum Gasteiger partial charge on any atom is 0.262 e. The highest BCUT2D eigenvalue weighted by molar-refractivity contribution is 8.00. The van der Waals surface area contributed by atoms with Crippen LogP contribution in [0.15, 0.2) is 28.2 Å². The van der Waals surface area contributed by atoms with Gasteiger partial charge < -0.3 is 5.32 Å². The third-order valence-corrected chi connectivity index (χ3v) is 6.11. The maximum atomic E-state index is 13.0. The van der Waals surface area contributed by atoms with Gasteiger partial charge in [-0.25, -0.2) is 4.98 Å². The van der Waals surface area contributed by atoms with Crippen molar-refractivity contribution in [2.75, 3.05) is 0 Å². The molecule has 1 aliphatic carbocycles. The third kappa shape index (κ3) is 4.85. The Labute approximate surface area is 168 Å². The Morgan fingerprint density at radius 3 is 2.70 bits per heavy atom. The predicted octanol–water partition coefficient (Wildman–Crippen LogP) is 4.25. The van der Waals surface area contributed by atoms with E-state index in [4.69, 9.17) is 11.6 Å². The van der Waals surface area contributed by atoms with Crippen molar-refractivity contribution in [2.24, 2.45) is 5.92 Å². The normalized spacial score (nSPS) is 16.2. The lowest BCUT2D eigenvalue weighted by Crippen LogP contribution is -2.38. The zero-order valence-corrected chi connectivity index (χ0v) is 17.6. The highest BCUT2D eigenvalue weighted by Crippen LogP contribution is 2.25. The van der Waals surface area contributed by atoms with Crippen LogP contribution in [-0.4, -0.2) is 26.8 Å². The Balaban J connectivity index is 1.90. The van der Waals surface area contributed by atoms with Gasteiger partial charge in [0.05, 0.1) is 16.2 Å². The van der Waals surface area contributed by atoms with Crippen LogP contribution in [0.25, 0.3) is 10.9 Å². The number of amides is 1. The lowest BCUT2D eigenvalue weighted by Gasteiger charge is -2.19. The number of nitrogens with zero attached hydrogens (tertiary/aromatic N) is 2. The molecule has 0 saturated heterocycles. The summed E-state index contributed by atoms with van der Waals surface area (Å²) in [5.41, 5.74) is 0.498. The van der Waals surface area contributed by atoms with Crippen LogP contribution in [0.2, 0.25) is 5.02 Å². The number of carbonyl (C=O) groups excluding carboxylic acids is 1. The smallest absolute Gasteiger partial charge is 0.262 e. The largest absolute Gasteiger partial charge is 0.352 e. The van der Waals surface area contributed by atoms with Crippen LogP contribution in [-0.2, 0) is 11.3 Å². The summed E-state index contributed by atoms with van der Waals surface area (Å²) in [6.07, 6.45) is 4.46. The minimum Gasteiger partial charge on any atom is -0.352 e. The van der Waals surface area contributed by atoms with Gasteiger partial charge in [-0.15, -0.1) is 0 Å². The van der Waals surface area contributed by atoms with E-state index in [1.807, 2.05) is 6.92 Å². The summed E-state index contributed by atoms with van der Waals surface area (Å²) >= 11 is 7.40. The molecular weight excluding hydrogens is 382 g/mol. The van der Waals surface area contributed by atoms with Gasteiger partial charge in [-0.05, 0) is 43.9 Å². The summed E-state index contributed by atoms with van der Waals surface area (Å²) in [4.78, 5) is 30.3. The zero-order valence-electron chi connectivity index (χ0n) is 16.0. The highest BCUT2D eigenvalue weighted by Gasteiger charge is 2.23. The van der Waals surface area contributed by atoms with Crippen LogP contribution in [0, 0.1) is 5.92 Å². The second kappa shape index (κ2) is 8.65. The molecular formula is C20H26ClN3O2S. The lowest BCUT2D eigenvalue weighted by atomic mass is 10.2. The standard InChI is InChI=1S/C20H26ClN3O2S/c1-12(2)11-24-19(26)16-10-14(21)8-9-17(16)23-20(24)27-13(3)18(25)22-15-6-4-5-7-15/h8-10,12-13,15H,4-7,11H2,1-3H3,(H,22,25). The first-order valence-corrected chi connectivity index (χ1v) is 10.8. The van der Waals surface area contributed by atoms with Gasteiger partial charge in [-0.1, -0.05) is 50.1 Å². The van der Waals surface area contributed by atoms with Crippen molar-refractivity contribution in [2.45, 2.75) is 69.4 Å². The van der Waals surface area contributed by atoms with E-state index in [0.717, 1.165) is 12.8 Å². The Kier molecular flexibility index (Phi) is 6.48. The molecule has 1 unspecified atom stereocenters. The molecule has 0 bridgehead atoms. The molecule has 27 heavy (non-hydrogen) atoms. The van der Waals surface area contributed by atoms with Crippen molar-refractivity contribution in [3.8, 4) is 0 Å². The molecule has 1 N–H and O–H groups in total. The Morgan fingerprint density at radius 2 is 2.04 bits per heavy atom. The number of rotatable bonds is 6. The monoisotopic (exact) mass is 407 g/mol. The van der Waals surface area contributed by atoms with Gasteiger partial charge in [0.2, 0.25) is 5.91 Å². The van der Waals surface area contributed by atoms with Crippen LogP contribution in [0.3, 0.4) is 0 Å². The first kappa shape index (κ1) is 20.2. The Bertz CT molecular complexity index is 891. The number of hydrogen-bond donors (Lipinski definition) is 1. The predicted molar refractivity (Wildman–Crippen MR) is 112 cm³/mol. The number of benzene rings is 1. The summed E-state index contributed by atoms with van der Waals surface area (Å²) in [5.74, 6) is 0.288. The Hall–Kier alpha value is -1.53. The molecule has 1 fully saturated rings. The van der Waals surface area contributed by atoms with Crippen LogP contribution in [0.4, 0.5) is 0 Å². The van der Waals surface area contributed by atoms with Crippen molar-refractivity contribution in [1.82, 2.24) is 14.9 Å². The summed E-state index contributed by atoms with van der Waals surface area (Å²) in [5, 5.41) is 4.41. The summed E-state index contributed by atoms with van der Waals surface area (Å²) in [6.45, 7) is 6.53. The fourth-order valence-corrected chi connectivity index (χ4v) is 4.49. The molecule has 5 nitrogen and oxygen atoms in total. The molecule has 7 heteroatoms. The topological polar surface area (TPSA) is 64.0 Å². The third-order valence-electron chi connectivity index (χ3n) is 4.78. The number of carbonyl (C=O) groups is 1. The molecule has 2 aromatic rings. The Morgan fingerprint density at radius 1 is 1.33 bits per heavy atom. The second-order valence-electron chi connectivity index (χ2n) is 7.62. The van der Waals surface area contributed by atoms with Crippen LogP contribution >= 0.6 is 23.4 Å². The lowest BCUT2D eigenvalue weighted by molar-refractivity contribution is -0.120. The van der Waals surface area contributed by atoms with Crippen molar-refractivity contribution >= 4 is 40.2 Å². The van der Waals surface area contributed by atoms with E-state index in [-0.39, 0.29) is 28.7 Å². The van der Waals surface area contributed by atoms with Crippen molar-refractivity contribution in [3.05, 3.63) is 33.6 Å². The first-order valence-electron chi connectivity index (χ1n) is 9.52. The average molecular weight is 408 g/mol. The SMILES string of the molecule is CC(C)Cn1c(SC(C)C(=O)NC2CCCC2)nc2ccc(Cl)cc2c1=O. The molecule has 1 aromatic heterocycles. The van der Waals surface area contributed by atoms with Gasteiger partial charge in [-0.2, -0.15) is 0 Å². The van der Waals surface area contributed by atoms with Crippen LogP contribution in [0.5, 0.6) is 0 Å². The fourth-order valence-electron chi connectivity index (χ4n) is 3.39. The number of thioether (sulfide) groups is 1. The van der Waals surface area contributed by atoms with E-state index in [1.165, 1.54) is 24.6 Å². The van der Waals surface area contributed by atoms with Crippen LogP contribution in [0.1, 0.15) is 46.5 Å². The minimum absolute atomic E-state index is 0.00782. The van der Waals surface area contributed by atoms with Gasteiger partial charge in [0.15, 0.2) is 5.16 Å². The van der Waals surface area contributed by atoms with Crippen molar-refractivity contribution in [1.29, 1.82) is 0 Å². The van der Waals surface area contributed by atoms with Gasteiger partial charge in [0, 0.05) is 17.6 Å². The molecule has 3 rings (SSSR count). The quantitative estimate of drug-likeness (QED) is 0.574. The van der Waals surface area contributed by atoms with Crippen LogP contribution < -0.4 is 10.9 Å². The molecule has 0 radical (unpaired) electrons. The molecule has 0 spiro atoms. The van der Waals surface area contributed by atoms with Gasteiger partial charge in [-0.3, -0.25) is 14.2 Å². The van der Waals surface area contributed by atoms with E-state index < -0.39 is 0 Å². The van der Waals surface area contributed by atoms with E-state index in [1.54, 1.807) is 22.8 Å². The molecule has 1 heterocycles. The molecule has 146 valence electrons. The number of aromatic nitrogens is 2. The molecule has 1 aliphatic rings. The molecule has 1 atom stereocenters. The number of fused-ring (bicyclic) bond motifs is 1. The second-order valence-corrected chi connectivity index (χ2v) is 9.36. The summed E-state index contributed by atoms with van der Waals surface area (Å²) < 4.78 is 1.67. The van der Waals surface area contributed by atoms with E-state index in [2.05, 4.69) is 24.1 Å². The number of nitrogens with one attached hydrogen (secondary N) is 1. The average Bonchev–Trinajstić information content (AvgIpc) is 3.11. The molecule has 1 aromatic carbocycles. The molecule has 0 aliphatic heterocycles. The van der Waals surface area contributed by atoms with Crippen molar-refractivity contribution < 1.29 is 4.79 Å². The van der Waals surface area contributed by atoms with E-state index in [9.17, 15) is 9.59 Å². The minimum atomic E-state index is -0.319. The maximum absolute atomic E-state index is 13.0.